The second kappa shape index (κ2) is 12.9. The molecule has 0 saturated carbocycles. The molecule has 0 aromatic heterocycles. The summed E-state index contributed by atoms with van der Waals surface area (Å²) in [5.41, 5.74) is 0. The molecule has 0 heterocycles. The predicted molar refractivity (Wildman–Crippen MR) is 87.2 cm³/mol. The molecule has 0 aliphatic heterocycles. The summed E-state index contributed by atoms with van der Waals surface area (Å²) in [4.78, 5) is 0. The minimum absolute atomic E-state index is 0.109. The summed E-state index contributed by atoms with van der Waals surface area (Å²) in [6, 6.07) is 0. The molecule has 0 bridgehead atoms. The lowest BCUT2D eigenvalue weighted by Gasteiger charge is -2.07. The van der Waals surface area contributed by atoms with Crippen LogP contribution in [-0.2, 0) is 9.84 Å². The van der Waals surface area contributed by atoms with Crippen molar-refractivity contribution in [2.24, 2.45) is 0 Å². The fraction of sp³-hybridized carbons (Fsp3) is 1.00. The van der Waals surface area contributed by atoms with E-state index in [0.29, 0.717) is 6.42 Å². The maximum atomic E-state index is 11.6. The van der Waals surface area contributed by atoms with E-state index in [4.69, 9.17) is 16.7 Å². The van der Waals surface area contributed by atoms with Gasteiger partial charge in [-0.15, -0.1) is 11.6 Å². The zero-order valence-corrected chi connectivity index (χ0v) is 14.4. The number of halogens is 1. The molecule has 0 fully saturated rings. The third-order valence-electron chi connectivity index (χ3n) is 3.44. The van der Waals surface area contributed by atoms with Crippen LogP contribution in [0.4, 0.5) is 0 Å². The van der Waals surface area contributed by atoms with Gasteiger partial charge in [0.15, 0.2) is 9.84 Å². The molecule has 0 radical (unpaired) electrons. The van der Waals surface area contributed by atoms with Crippen LogP contribution in [0.2, 0.25) is 0 Å². The van der Waals surface area contributed by atoms with Gasteiger partial charge in [-0.1, -0.05) is 64.7 Å². The van der Waals surface area contributed by atoms with E-state index in [1.165, 1.54) is 44.9 Å². The molecule has 0 spiro atoms. The first-order valence-electron chi connectivity index (χ1n) is 7.97. The van der Waals surface area contributed by atoms with Gasteiger partial charge in [0.05, 0.1) is 23.5 Å². The summed E-state index contributed by atoms with van der Waals surface area (Å²) in [5, 5.41) is 8.08. The zero-order chi connectivity index (χ0) is 15.3. The Bertz CT molecular complexity index is 304. The number of rotatable bonds is 14. The Balaban J connectivity index is 3.39. The van der Waals surface area contributed by atoms with E-state index in [1.54, 1.807) is 0 Å². The summed E-state index contributed by atoms with van der Waals surface area (Å²) in [6.07, 6.45) is 11.9. The average molecular weight is 327 g/mol. The molecule has 122 valence electrons. The lowest BCUT2D eigenvalue weighted by Crippen LogP contribution is -2.21. The van der Waals surface area contributed by atoms with E-state index in [0.717, 1.165) is 12.8 Å². The molecular weight excluding hydrogens is 296 g/mol. The van der Waals surface area contributed by atoms with Crippen molar-refractivity contribution in [3.63, 3.8) is 0 Å². The Kier molecular flexibility index (Phi) is 13.0. The third-order valence-corrected chi connectivity index (χ3v) is 5.74. The lowest BCUT2D eigenvalue weighted by molar-refractivity contribution is 0.298. The molecule has 1 unspecified atom stereocenters. The van der Waals surface area contributed by atoms with Crippen molar-refractivity contribution in [2.75, 3.05) is 18.1 Å². The van der Waals surface area contributed by atoms with Gasteiger partial charge in [-0.05, 0) is 6.42 Å². The monoisotopic (exact) mass is 326 g/mol. The van der Waals surface area contributed by atoms with E-state index < -0.39 is 15.2 Å². The molecule has 3 nitrogen and oxygen atoms in total. The maximum Gasteiger partial charge on any atom is 0.151 e. The van der Waals surface area contributed by atoms with Crippen LogP contribution in [0.3, 0.4) is 0 Å². The third kappa shape index (κ3) is 13.2. The van der Waals surface area contributed by atoms with Crippen LogP contribution in [-0.4, -0.2) is 37.0 Å². The van der Waals surface area contributed by atoms with Crippen molar-refractivity contribution >= 4 is 21.4 Å². The summed E-state index contributed by atoms with van der Waals surface area (Å²) >= 11 is 5.65. The molecule has 0 aliphatic rings. The smallest absolute Gasteiger partial charge is 0.151 e. The number of aliphatic hydroxyl groups excluding tert-OH is 1. The van der Waals surface area contributed by atoms with E-state index >= 15 is 0 Å². The van der Waals surface area contributed by atoms with Gasteiger partial charge in [0.2, 0.25) is 0 Å². The molecule has 0 saturated heterocycles. The topological polar surface area (TPSA) is 54.4 Å². The van der Waals surface area contributed by atoms with Crippen LogP contribution in [0.1, 0.15) is 71.1 Å². The fourth-order valence-electron chi connectivity index (χ4n) is 2.22. The van der Waals surface area contributed by atoms with E-state index in [2.05, 4.69) is 6.92 Å². The molecule has 0 aromatic rings. The molecule has 0 aliphatic carbocycles. The first-order valence-corrected chi connectivity index (χ1v) is 10.2. The highest BCUT2D eigenvalue weighted by Crippen LogP contribution is 2.11. The molecule has 20 heavy (non-hydrogen) atoms. The predicted octanol–water partition coefficient (Wildman–Crippen LogP) is 3.92. The number of hydrogen-bond donors (Lipinski definition) is 1. The number of sulfone groups is 1. The van der Waals surface area contributed by atoms with Gasteiger partial charge >= 0.3 is 0 Å². The van der Waals surface area contributed by atoms with Crippen molar-refractivity contribution < 1.29 is 13.5 Å². The first kappa shape index (κ1) is 20.2. The van der Waals surface area contributed by atoms with Gasteiger partial charge < -0.3 is 5.11 Å². The van der Waals surface area contributed by atoms with Gasteiger partial charge in [0.1, 0.15) is 0 Å². The molecule has 1 atom stereocenters. The van der Waals surface area contributed by atoms with Crippen LogP contribution in [0.25, 0.3) is 0 Å². The Morgan fingerprint density at radius 1 is 0.900 bits per heavy atom. The second-order valence-electron chi connectivity index (χ2n) is 5.58. The highest BCUT2D eigenvalue weighted by atomic mass is 35.5. The molecule has 1 N–H and O–H groups in total. The largest absolute Gasteiger partial charge is 0.395 e. The summed E-state index contributed by atoms with van der Waals surface area (Å²) in [7, 11) is -3.09. The minimum Gasteiger partial charge on any atom is -0.395 e. The van der Waals surface area contributed by atoms with Gasteiger partial charge in [0.25, 0.3) is 0 Å². The molecule has 0 amide bonds. The standard InChI is InChI=1S/C15H31ClO3S/c1-2-3-4-5-6-7-8-9-10-11-12-20(18,19)14-15(16)13-17/h15,17H,2-14H2,1H3. The number of unbranched alkanes of at least 4 members (excludes halogenated alkanes) is 9. The van der Waals surface area contributed by atoms with Crippen LogP contribution in [0, 0.1) is 0 Å². The Hall–Kier alpha value is 0.200. The summed E-state index contributed by atoms with van der Waals surface area (Å²) < 4.78 is 23.3. The number of alkyl halides is 1. The normalized spacial score (nSPS) is 13.6. The van der Waals surface area contributed by atoms with Crippen molar-refractivity contribution in [1.82, 2.24) is 0 Å². The number of aliphatic hydroxyl groups is 1. The van der Waals surface area contributed by atoms with E-state index in [-0.39, 0.29) is 18.1 Å². The quantitative estimate of drug-likeness (QED) is 0.389. The van der Waals surface area contributed by atoms with Crippen molar-refractivity contribution in [1.29, 1.82) is 0 Å². The van der Waals surface area contributed by atoms with Crippen LogP contribution in [0.5, 0.6) is 0 Å². The highest BCUT2D eigenvalue weighted by Gasteiger charge is 2.16. The Morgan fingerprint density at radius 3 is 1.80 bits per heavy atom. The first-order chi connectivity index (χ1) is 9.52. The van der Waals surface area contributed by atoms with E-state index in [9.17, 15) is 8.42 Å². The maximum absolute atomic E-state index is 11.6. The van der Waals surface area contributed by atoms with E-state index in [1.807, 2.05) is 0 Å². The van der Waals surface area contributed by atoms with Crippen molar-refractivity contribution in [3.05, 3.63) is 0 Å². The lowest BCUT2D eigenvalue weighted by atomic mass is 10.1. The van der Waals surface area contributed by atoms with Crippen LogP contribution < -0.4 is 0 Å². The Labute approximate surface area is 130 Å². The second-order valence-corrected chi connectivity index (χ2v) is 8.42. The molecule has 0 aromatic carbocycles. The minimum atomic E-state index is -3.09. The fourth-order valence-corrected chi connectivity index (χ4v) is 4.26. The molecule has 5 heteroatoms. The number of hydrogen-bond acceptors (Lipinski definition) is 3. The van der Waals surface area contributed by atoms with Gasteiger partial charge in [0, 0.05) is 0 Å². The SMILES string of the molecule is CCCCCCCCCCCCS(=O)(=O)CC(Cl)CO. The Morgan fingerprint density at radius 2 is 1.35 bits per heavy atom. The van der Waals surface area contributed by atoms with Gasteiger partial charge in [-0.25, -0.2) is 8.42 Å². The van der Waals surface area contributed by atoms with Crippen molar-refractivity contribution in [2.45, 2.75) is 76.5 Å². The molecule has 0 rings (SSSR count). The van der Waals surface area contributed by atoms with Gasteiger partial charge in [-0.2, -0.15) is 0 Å². The van der Waals surface area contributed by atoms with Gasteiger partial charge in [-0.3, -0.25) is 0 Å². The van der Waals surface area contributed by atoms with Crippen LogP contribution in [0.15, 0.2) is 0 Å². The van der Waals surface area contributed by atoms with Crippen molar-refractivity contribution in [3.8, 4) is 0 Å². The highest BCUT2D eigenvalue weighted by molar-refractivity contribution is 7.91. The zero-order valence-electron chi connectivity index (χ0n) is 12.8. The van der Waals surface area contributed by atoms with Crippen LogP contribution >= 0.6 is 11.6 Å². The summed E-state index contributed by atoms with van der Waals surface area (Å²) in [6.45, 7) is 1.94. The average Bonchev–Trinajstić information content (AvgIpc) is 2.40. The summed E-state index contributed by atoms with van der Waals surface area (Å²) in [5.74, 6) is 0.0925. The molecular formula is C15H31ClO3S.